The Morgan fingerprint density at radius 1 is 1.62 bits per heavy atom. The lowest BCUT2D eigenvalue weighted by Crippen LogP contribution is -2.02. The van der Waals surface area contributed by atoms with Crippen molar-refractivity contribution in [3.05, 3.63) is 31.6 Å². The zero-order chi connectivity index (χ0) is 10.0. The largest absolute Gasteiger partial charge is 0.388 e. The number of aliphatic hydroxyl groups excluding tert-OH is 1. The molecular formula is C9H9BrFIO. The standard InChI is InChI=1S/C9H9BrFIO/c1-2-7(13)8-6(12)4-3-5(10)9(8)11/h3-4,7,13H,2H2,1H3. The molecule has 1 N–H and O–H groups in total. The molecule has 1 nitrogen and oxygen atoms in total. The van der Waals surface area contributed by atoms with Gasteiger partial charge in [-0.1, -0.05) is 6.92 Å². The van der Waals surface area contributed by atoms with Gasteiger partial charge in [-0.3, -0.25) is 0 Å². The first-order chi connectivity index (χ1) is 6.07. The van der Waals surface area contributed by atoms with Gasteiger partial charge in [0.25, 0.3) is 0 Å². The summed E-state index contributed by atoms with van der Waals surface area (Å²) >= 11 is 5.11. The van der Waals surface area contributed by atoms with E-state index in [1.54, 1.807) is 12.1 Å². The Morgan fingerprint density at radius 2 is 2.23 bits per heavy atom. The predicted molar refractivity (Wildman–Crippen MR) is 62.1 cm³/mol. The first-order valence-electron chi connectivity index (χ1n) is 3.89. The second-order valence-corrected chi connectivity index (χ2v) is 4.70. The SMILES string of the molecule is CCC(O)c1c(I)ccc(Br)c1F. The van der Waals surface area contributed by atoms with Crippen LogP contribution in [0.5, 0.6) is 0 Å². The lowest BCUT2D eigenvalue weighted by atomic mass is 10.1. The van der Waals surface area contributed by atoms with Crippen molar-refractivity contribution in [3.8, 4) is 0 Å². The maximum absolute atomic E-state index is 13.5. The van der Waals surface area contributed by atoms with E-state index in [4.69, 9.17) is 0 Å². The van der Waals surface area contributed by atoms with E-state index in [2.05, 4.69) is 15.9 Å². The molecule has 1 rings (SSSR count). The van der Waals surface area contributed by atoms with Gasteiger partial charge < -0.3 is 5.11 Å². The minimum absolute atomic E-state index is 0.360. The Labute approximate surface area is 98.6 Å². The molecule has 72 valence electrons. The molecule has 0 aromatic heterocycles. The van der Waals surface area contributed by atoms with Gasteiger partial charge in [0.05, 0.1) is 10.6 Å². The Morgan fingerprint density at radius 3 is 2.77 bits per heavy atom. The van der Waals surface area contributed by atoms with Gasteiger partial charge in [0.2, 0.25) is 0 Å². The minimum Gasteiger partial charge on any atom is -0.388 e. The highest BCUT2D eigenvalue weighted by Gasteiger charge is 2.16. The molecule has 0 fully saturated rings. The lowest BCUT2D eigenvalue weighted by molar-refractivity contribution is 0.168. The van der Waals surface area contributed by atoms with E-state index in [9.17, 15) is 9.50 Å². The fraction of sp³-hybridized carbons (Fsp3) is 0.333. The van der Waals surface area contributed by atoms with Crippen molar-refractivity contribution in [2.24, 2.45) is 0 Å². The Bertz CT molecular complexity index is 317. The maximum Gasteiger partial charge on any atom is 0.144 e. The molecule has 1 unspecified atom stereocenters. The summed E-state index contributed by atoms with van der Waals surface area (Å²) in [6, 6.07) is 3.42. The van der Waals surface area contributed by atoms with Crippen LogP contribution in [-0.2, 0) is 0 Å². The molecule has 1 aromatic rings. The van der Waals surface area contributed by atoms with E-state index >= 15 is 0 Å². The smallest absolute Gasteiger partial charge is 0.144 e. The third-order valence-electron chi connectivity index (χ3n) is 1.80. The third kappa shape index (κ3) is 2.41. The van der Waals surface area contributed by atoms with Crippen LogP contribution in [0.25, 0.3) is 0 Å². The zero-order valence-corrected chi connectivity index (χ0v) is 10.8. The average Bonchev–Trinajstić information content (AvgIpc) is 2.12. The molecule has 0 aliphatic rings. The number of hydrogen-bond acceptors (Lipinski definition) is 1. The molecule has 0 heterocycles. The monoisotopic (exact) mass is 358 g/mol. The maximum atomic E-state index is 13.5. The molecule has 0 amide bonds. The second kappa shape index (κ2) is 4.70. The molecule has 0 saturated heterocycles. The summed E-state index contributed by atoms with van der Waals surface area (Å²) in [4.78, 5) is 0. The van der Waals surface area contributed by atoms with E-state index in [1.165, 1.54) is 0 Å². The van der Waals surface area contributed by atoms with Crippen LogP contribution in [0.4, 0.5) is 4.39 Å². The van der Waals surface area contributed by atoms with Crippen molar-refractivity contribution in [1.82, 2.24) is 0 Å². The van der Waals surface area contributed by atoms with Crippen LogP contribution in [0.3, 0.4) is 0 Å². The molecule has 0 spiro atoms. The first-order valence-corrected chi connectivity index (χ1v) is 5.76. The average molecular weight is 359 g/mol. The molecule has 0 aliphatic carbocycles. The van der Waals surface area contributed by atoms with Gasteiger partial charge in [0.15, 0.2) is 0 Å². The quantitative estimate of drug-likeness (QED) is 0.632. The summed E-state index contributed by atoms with van der Waals surface area (Å²) in [7, 11) is 0. The summed E-state index contributed by atoms with van der Waals surface area (Å²) in [5, 5.41) is 9.55. The normalized spacial score (nSPS) is 13.0. The summed E-state index contributed by atoms with van der Waals surface area (Å²) in [6.45, 7) is 1.82. The van der Waals surface area contributed by atoms with E-state index in [0.717, 1.165) is 3.57 Å². The fourth-order valence-corrected chi connectivity index (χ4v) is 2.17. The summed E-state index contributed by atoms with van der Waals surface area (Å²) in [5.41, 5.74) is 0.387. The van der Waals surface area contributed by atoms with Crippen molar-refractivity contribution in [3.63, 3.8) is 0 Å². The molecule has 0 radical (unpaired) electrons. The third-order valence-corrected chi connectivity index (χ3v) is 3.35. The van der Waals surface area contributed by atoms with Gasteiger partial charge in [-0.2, -0.15) is 0 Å². The number of halogens is 3. The second-order valence-electron chi connectivity index (χ2n) is 2.68. The summed E-state index contributed by atoms with van der Waals surface area (Å²) in [6.07, 6.45) is -0.201. The molecule has 4 heteroatoms. The van der Waals surface area contributed by atoms with E-state index in [1.807, 2.05) is 29.5 Å². The van der Waals surface area contributed by atoms with Crippen LogP contribution < -0.4 is 0 Å². The Hall–Kier alpha value is 0.320. The molecule has 0 aliphatic heterocycles. The van der Waals surface area contributed by atoms with Gasteiger partial charge in [-0.25, -0.2) is 4.39 Å². The van der Waals surface area contributed by atoms with Crippen LogP contribution in [0.15, 0.2) is 16.6 Å². The van der Waals surface area contributed by atoms with Gasteiger partial charge in [-0.05, 0) is 57.1 Å². The van der Waals surface area contributed by atoms with E-state index < -0.39 is 6.10 Å². The van der Waals surface area contributed by atoms with Crippen molar-refractivity contribution in [1.29, 1.82) is 0 Å². The molecule has 13 heavy (non-hydrogen) atoms. The first kappa shape index (κ1) is 11.4. The topological polar surface area (TPSA) is 20.2 Å². The number of aliphatic hydroxyl groups is 1. The van der Waals surface area contributed by atoms with Crippen molar-refractivity contribution in [2.45, 2.75) is 19.4 Å². The van der Waals surface area contributed by atoms with Crippen LogP contribution >= 0.6 is 38.5 Å². The highest BCUT2D eigenvalue weighted by molar-refractivity contribution is 14.1. The van der Waals surface area contributed by atoms with Crippen LogP contribution in [-0.4, -0.2) is 5.11 Å². The highest BCUT2D eigenvalue weighted by Crippen LogP contribution is 2.29. The number of benzene rings is 1. The van der Waals surface area contributed by atoms with Crippen LogP contribution in [0.2, 0.25) is 0 Å². The number of rotatable bonds is 2. The molecule has 0 saturated carbocycles. The number of hydrogen-bond donors (Lipinski definition) is 1. The highest BCUT2D eigenvalue weighted by atomic mass is 127. The van der Waals surface area contributed by atoms with Crippen LogP contribution in [0.1, 0.15) is 25.0 Å². The lowest BCUT2D eigenvalue weighted by Gasteiger charge is -2.12. The molecular weight excluding hydrogens is 350 g/mol. The van der Waals surface area contributed by atoms with Crippen molar-refractivity contribution >= 4 is 38.5 Å². The van der Waals surface area contributed by atoms with E-state index in [-0.39, 0.29) is 5.82 Å². The minimum atomic E-state index is -0.718. The zero-order valence-electron chi connectivity index (χ0n) is 7.02. The van der Waals surface area contributed by atoms with Gasteiger partial charge in [-0.15, -0.1) is 0 Å². The van der Waals surface area contributed by atoms with E-state index in [0.29, 0.717) is 16.5 Å². The summed E-state index contributed by atoms with van der Waals surface area (Å²) in [5.74, 6) is -0.360. The summed E-state index contributed by atoms with van der Waals surface area (Å²) < 4.78 is 14.6. The molecule has 1 atom stereocenters. The molecule has 0 bridgehead atoms. The fourth-order valence-electron chi connectivity index (χ4n) is 1.05. The van der Waals surface area contributed by atoms with Crippen molar-refractivity contribution in [2.75, 3.05) is 0 Å². The van der Waals surface area contributed by atoms with Gasteiger partial charge in [0, 0.05) is 9.13 Å². The Kier molecular flexibility index (Phi) is 4.12. The van der Waals surface area contributed by atoms with Gasteiger partial charge in [0.1, 0.15) is 5.82 Å². The molecule has 1 aromatic carbocycles. The van der Waals surface area contributed by atoms with Crippen LogP contribution in [0, 0.1) is 9.39 Å². The van der Waals surface area contributed by atoms with Crippen molar-refractivity contribution < 1.29 is 9.50 Å². The van der Waals surface area contributed by atoms with Gasteiger partial charge >= 0.3 is 0 Å². The Balaban J connectivity index is 3.25. The predicted octanol–water partition coefficient (Wildman–Crippen LogP) is 3.64.